The summed E-state index contributed by atoms with van der Waals surface area (Å²) < 4.78 is 4.80. The zero-order valence-corrected chi connectivity index (χ0v) is 6.89. The molecule has 1 rings (SSSR count). The average Bonchev–Trinajstić information content (AvgIpc) is 2.72. The van der Waals surface area contributed by atoms with Crippen LogP contribution in [0.3, 0.4) is 0 Å². The van der Waals surface area contributed by atoms with Gasteiger partial charge in [-0.25, -0.2) is 4.79 Å². The molecule has 1 aliphatic rings. The van der Waals surface area contributed by atoms with Crippen molar-refractivity contribution in [3.05, 3.63) is 11.6 Å². The molecule has 1 N–H and O–H groups in total. The summed E-state index contributed by atoms with van der Waals surface area (Å²) in [5.74, 6) is -0.207. The Morgan fingerprint density at radius 1 is 1.82 bits per heavy atom. The second-order valence-corrected chi connectivity index (χ2v) is 2.58. The van der Waals surface area contributed by atoms with Crippen molar-refractivity contribution in [1.82, 2.24) is 5.32 Å². The van der Waals surface area contributed by atoms with Crippen LogP contribution in [0.25, 0.3) is 0 Å². The molecule has 0 aliphatic carbocycles. The second-order valence-electron chi connectivity index (χ2n) is 2.58. The lowest BCUT2D eigenvalue weighted by Gasteiger charge is -1.99. The predicted molar refractivity (Wildman–Crippen MR) is 42.2 cm³/mol. The molecule has 0 aromatic rings. The summed E-state index contributed by atoms with van der Waals surface area (Å²) in [4.78, 5) is 11.0. The van der Waals surface area contributed by atoms with E-state index in [2.05, 4.69) is 5.32 Å². The van der Waals surface area contributed by atoms with Gasteiger partial charge in [0.25, 0.3) is 0 Å². The first-order valence-corrected chi connectivity index (χ1v) is 3.83. The molecule has 1 atom stereocenters. The molecule has 62 valence electrons. The van der Waals surface area contributed by atoms with Gasteiger partial charge in [0.05, 0.1) is 6.61 Å². The van der Waals surface area contributed by atoms with E-state index in [9.17, 15) is 4.79 Å². The first kappa shape index (κ1) is 8.27. The Morgan fingerprint density at radius 2 is 2.45 bits per heavy atom. The third-order valence-electron chi connectivity index (χ3n) is 1.49. The van der Waals surface area contributed by atoms with Crippen LogP contribution in [-0.2, 0) is 9.53 Å². The summed E-state index contributed by atoms with van der Waals surface area (Å²) >= 11 is 0. The second kappa shape index (κ2) is 3.53. The number of carbonyl (C=O) groups is 1. The smallest absolute Gasteiger partial charge is 0.333 e. The van der Waals surface area contributed by atoms with Crippen LogP contribution in [0.4, 0.5) is 0 Å². The highest BCUT2D eigenvalue weighted by atomic mass is 16.5. The summed E-state index contributed by atoms with van der Waals surface area (Å²) in [5, 5.41) is 3.08. The topological polar surface area (TPSA) is 48.2 Å². The van der Waals surface area contributed by atoms with Gasteiger partial charge < -0.3 is 10.1 Å². The largest absolute Gasteiger partial charge is 0.463 e. The highest BCUT2D eigenvalue weighted by Gasteiger charge is 2.18. The minimum atomic E-state index is -0.207. The lowest BCUT2D eigenvalue weighted by atomic mass is 10.2. The number of rotatable bonds is 3. The van der Waals surface area contributed by atoms with Gasteiger partial charge in [-0.1, -0.05) is 6.08 Å². The Hall–Kier alpha value is -0.830. The number of hydrogen-bond donors (Lipinski definition) is 1. The van der Waals surface area contributed by atoms with E-state index in [1.54, 1.807) is 13.8 Å². The summed E-state index contributed by atoms with van der Waals surface area (Å²) in [7, 11) is 0. The van der Waals surface area contributed by atoms with Gasteiger partial charge in [0, 0.05) is 18.2 Å². The van der Waals surface area contributed by atoms with Gasteiger partial charge in [0.15, 0.2) is 0 Å². The van der Waals surface area contributed by atoms with Crippen LogP contribution >= 0.6 is 0 Å². The van der Waals surface area contributed by atoms with E-state index in [1.807, 2.05) is 6.08 Å². The molecule has 0 spiro atoms. The van der Waals surface area contributed by atoms with Crippen LogP contribution in [0.15, 0.2) is 11.6 Å². The van der Waals surface area contributed by atoms with E-state index in [-0.39, 0.29) is 5.97 Å². The Kier molecular flexibility index (Phi) is 2.65. The van der Waals surface area contributed by atoms with Crippen LogP contribution in [0.5, 0.6) is 0 Å². The maximum absolute atomic E-state index is 11.0. The molecule has 1 saturated heterocycles. The summed E-state index contributed by atoms with van der Waals surface area (Å²) in [5.41, 5.74) is 0.696. The lowest BCUT2D eigenvalue weighted by Crippen LogP contribution is -2.06. The molecule has 11 heavy (non-hydrogen) atoms. The minimum Gasteiger partial charge on any atom is -0.463 e. The van der Waals surface area contributed by atoms with Crippen molar-refractivity contribution in [2.45, 2.75) is 19.9 Å². The Morgan fingerprint density at radius 3 is 2.91 bits per heavy atom. The van der Waals surface area contributed by atoms with Gasteiger partial charge in [-0.2, -0.15) is 0 Å². The number of hydrogen-bond acceptors (Lipinski definition) is 3. The van der Waals surface area contributed by atoms with Crippen molar-refractivity contribution in [3.63, 3.8) is 0 Å². The van der Waals surface area contributed by atoms with Gasteiger partial charge >= 0.3 is 5.97 Å². The Balaban J connectivity index is 2.37. The van der Waals surface area contributed by atoms with Crippen LogP contribution in [0.1, 0.15) is 13.8 Å². The zero-order chi connectivity index (χ0) is 8.27. The Labute approximate surface area is 66.4 Å². The molecular weight excluding hydrogens is 142 g/mol. The fourth-order valence-electron chi connectivity index (χ4n) is 0.801. The molecule has 1 heterocycles. The van der Waals surface area contributed by atoms with E-state index in [1.165, 1.54) is 0 Å². The van der Waals surface area contributed by atoms with Crippen LogP contribution in [-0.4, -0.2) is 25.2 Å². The van der Waals surface area contributed by atoms with Crippen molar-refractivity contribution in [1.29, 1.82) is 0 Å². The van der Waals surface area contributed by atoms with E-state index in [0.717, 1.165) is 6.54 Å². The SMILES string of the molecule is CCOC(=O)/C(C)=C/C1CN1. The molecular formula is C8H13NO2. The van der Waals surface area contributed by atoms with Crippen molar-refractivity contribution in [2.24, 2.45) is 0 Å². The molecule has 0 amide bonds. The fourth-order valence-corrected chi connectivity index (χ4v) is 0.801. The molecule has 0 bridgehead atoms. The lowest BCUT2D eigenvalue weighted by molar-refractivity contribution is -0.138. The molecule has 0 saturated carbocycles. The van der Waals surface area contributed by atoms with E-state index in [0.29, 0.717) is 18.2 Å². The highest BCUT2D eigenvalue weighted by molar-refractivity contribution is 5.87. The molecule has 0 aromatic heterocycles. The van der Waals surface area contributed by atoms with E-state index >= 15 is 0 Å². The van der Waals surface area contributed by atoms with Crippen LogP contribution in [0, 0.1) is 0 Å². The number of carbonyl (C=O) groups excluding carboxylic acids is 1. The van der Waals surface area contributed by atoms with Gasteiger partial charge in [-0.15, -0.1) is 0 Å². The first-order valence-electron chi connectivity index (χ1n) is 3.83. The van der Waals surface area contributed by atoms with Gasteiger partial charge in [0.1, 0.15) is 0 Å². The van der Waals surface area contributed by atoms with E-state index < -0.39 is 0 Å². The highest BCUT2D eigenvalue weighted by Crippen LogP contribution is 2.04. The summed E-state index contributed by atoms with van der Waals surface area (Å²) in [6.45, 7) is 5.01. The predicted octanol–water partition coefficient (Wildman–Crippen LogP) is 0.468. The minimum absolute atomic E-state index is 0.207. The van der Waals surface area contributed by atoms with Crippen molar-refractivity contribution in [2.75, 3.05) is 13.2 Å². The summed E-state index contributed by atoms with van der Waals surface area (Å²) in [6, 6.07) is 0.402. The molecule has 3 nitrogen and oxygen atoms in total. The van der Waals surface area contributed by atoms with E-state index in [4.69, 9.17) is 4.74 Å². The molecule has 3 heteroatoms. The maximum Gasteiger partial charge on any atom is 0.333 e. The van der Waals surface area contributed by atoms with Crippen LogP contribution < -0.4 is 5.32 Å². The third kappa shape index (κ3) is 2.72. The average molecular weight is 155 g/mol. The molecule has 1 unspecified atom stereocenters. The van der Waals surface area contributed by atoms with Crippen molar-refractivity contribution >= 4 is 5.97 Å². The third-order valence-corrected chi connectivity index (χ3v) is 1.49. The molecule has 1 aliphatic heterocycles. The number of nitrogens with one attached hydrogen (secondary N) is 1. The van der Waals surface area contributed by atoms with Gasteiger partial charge in [0.2, 0.25) is 0 Å². The normalized spacial score (nSPS) is 23.1. The van der Waals surface area contributed by atoms with Crippen LogP contribution in [0.2, 0.25) is 0 Å². The standard InChI is InChI=1S/C8H13NO2/c1-3-11-8(10)6(2)4-7-5-9-7/h4,7,9H,3,5H2,1-2H3/b6-4+. The van der Waals surface area contributed by atoms with Crippen molar-refractivity contribution < 1.29 is 9.53 Å². The Bertz CT molecular complexity index is 183. The molecule has 0 aromatic carbocycles. The molecule has 1 fully saturated rings. The maximum atomic E-state index is 11.0. The first-order chi connectivity index (χ1) is 5.24. The van der Waals surface area contributed by atoms with Gasteiger partial charge in [-0.05, 0) is 13.8 Å². The number of esters is 1. The molecule has 0 radical (unpaired) electrons. The summed E-state index contributed by atoms with van der Waals surface area (Å²) in [6.07, 6.45) is 1.90. The monoisotopic (exact) mass is 155 g/mol. The zero-order valence-electron chi connectivity index (χ0n) is 6.89. The number of ether oxygens (including phenoxy) is 1. The van der Waals surface area contributed by atoms with Gasteiger partial charge in [-0.3, -0.25) is 0 Å². The van der Waals surface area contributed by atoms with Crippen molar-refractivity contribution in [3.8, 4) is 0 Å². The fraction of sp³-hybridized carbons (Fsp3) is 0.625. The quantitative estimate of drug-likeness (QED) is 0.366.